The van der Waals surface area contributed by atoms with Crippen LogP contribution >= 0.6 is 11.3 Å². The van der Waals surface area contributed by atoms with Gasteiger partial charge in [0.05, 0.1) is 16.6 Å². The SMILES string of the molecule is CCNC(=O)N/N=C/c1cncs1. The van der Waals surface area contributed by atoms with Crippen LogP contribution in [0.3, 0.4) is 0 Å². The van der Waals surface area contributed by atoms with Crippen LogP contribution in [0.15, 0.2) is 16.8 Å². The van der Waals surface area contributed by atoms with Crippen LogP contribution in [0.2, 0.25) is 0 Å². The van der Waals surface area contributed by atoms with E-state index in [1.54, 1.807) is 17.9 Å². The van der Waals surface area contributed by atoms with Crippen LogP contribution in [-0.4, -0.2) is 23.8 Å². The summed E-state index contributed by atoms with van der Waals surface area (Å²) in [5.41, 5.74) is 4.02. The molecule has 1 rings (SSSR count). The molecule has 1 heterocycles. The number of hydrogen-bond acceptors (Lipinski definition) is 4. The molecule has 0 unspecified atom stereocenters. The number of thiazole rings is 1. The van der Waals surface area contributed by atoms with Gasteiger partial charge in [-0.05, 0) is 6.92 Å². The molecule has 0 atom stereocenters. The van der Waals surface area contributed by atoms with E-state index < -0.39 is 0 Å². The molecule has 0 spiro atoms. The number of carbonyl (C=O) groups is 1. The first-order valence-electron chi connectivity index (χ1n) is 3.78. The summed E-state index contributed by atoms with van der Waals surface area (Å²) in [5, 5.41) is 6.27. The molecule has 0 fully saturated rings. The van der Waals surface area contributed by atoms with Crippen LogP contribution in [-0.2, 0) is 0 Å². The molecule has 2 N–H and O–H groups in total. The lowest BCUT2D eigenvalue weighted by Crippen LogP contribution is -2.31. The Hall–Kier alpha value is -1.43. The lowest BCUT2D eigenvalue weighted by atomic mass is 10.6. The first kappa shape index (κ1) is 9.66. The van der Waals surface area contributed by atoms with Crippen molar-refractivity contribution in [1.82, 2.24) is 15.7 Å². The number of nitrogens with zero attached hydrogens (tertiary/aromatic N) is 2. The van der Waals surface area contributed by atoms with Gasteiger partial charge in [-0.2, -0.15) is 5.10 Å². The summed E-state index contributed by atoms with van der Waals surface area (Å²) in [6.07, 6.45) is 3.22. The quantitative estimate of drug-likeness (QED) is 0.557. The van der Waals surface area contributed by atoms with Crippen molar-refractivity contribution in [2.75, 3.05) is 6.54 Å². The Morgan fingerprint density at radius 1 is 1.85 bits per heavy atom. The summed E-state index contributed by atoms with van der Waals surface area (Å²) in [7, 11) is 0. The van der Waals surface area contributed by atoms with E-state index in [0.717, 1.165) is 4.88 Å². The highest BCUT2D eigenvalue weighted by molar-refractivity contribution is 7.11. The van der Waals surface area contributed by atoms with E-state index in [-0.39, 0.29) is 6.03 Å². The molecule has 6 heteroatoms. The molecule has 1 aromatic rings. The molecule has 0 aromatic carbocycles. The first-order chi connectivity index (χ1) is 6.33. The molecule has 0 radical (unpaired) electrons. The average molecular weight is 198 g/mol. The van der Waals surface area contributed by atoms with Crippen molar-refractivity contribution in [3.63, 3.8) is 0 Å². The summed E-state index contributed by atoms with van der Waals surface area (Å²) >= 11 is 1.46. The Morgan fingerprint density at radius 2 is 2.69 bits per heavy atom. The smallest absolute Gasteiger partial charge is 0.335 e. The molecule has 0 bridgehead atoms. The Labute approximate surface area is 79.9 Å². The summed E-state index contributed by atoms with van der Waals surface area (Å²) in [6, 6.07) is -0.303. The van der Waals surface area contributed by atoms with Gasteiger partial charge >= 0.3 is 6.03 Å². The minimum absolute atomic E-state index is 0.303. The number of nitrogens with one attached hydrogen (secondary N) is 2. The third-order valence-electron chi connectivity index (χ3n) is 1.15. The van der Waals surface area contributed by atoms with Gasteiger partial charge in [0.1, 0.15) is 0 Å². The van der Waals surface area contributed by atoms with Crippen LogP contribution in [0.25, 0.3) is 0 Å². The largest absolute Gasteiger partial charge is 0.337 e. The van der Waals surface area contributed by atoms with Gasteiger partial charge < -0.3 is 5.32 Å². The Balaban J connectivity index is 2.30. The zero-order valence-electron chi connectivity index (χ0n) is 7.15. The molecular formula is C7H10N4OS. The maximum absolute atomic E-state index is 10.8. The highest BCUT2D eigenvalue weighted by Crippen LogP contribution is 2.00. The van der Waals surface area contributed by atoms with Gasteiger partial charge in [-0.25, -0.2) is 10.2 Å². The fourth-order valence-electron chi connectivity index (χ4n) is 0.644. The fraction of sp³-hybridized carbons (Fsp3) is 0.286. The topological polar surface area (TPSA) is 66.4 Å². The second-order valence-corrected chi connectivity index (χ2v) is 3.05. The number of urea groups is 1. The average Bonchev–Trinajstić information content (AvgIpc) is 2.57. The van der Waals surface area contributed by atoms with Gasteiger partial charge in [0, 0.05) is 12.7 Å². The highest BCUT2D eigenvalue weighted by atomic mass is 32.1. The zero-order valence-corrected chi connectivity index (χ0v) is 7.97. The number of amides is 2. The maximum atomic E-state index is 10.8. The summed E-state index contributed by atoms with van der Waals surface area (Å²) in [4.78, 5) is 15.6. The van der Waals surface area contributed by atoms with Crippen molar-refractivity contribution >= 4 is 23.6 Å². The Kier molecular flexibility index (Phi) is 3.90. The predicted octanol–water partition coefficient (Wildman–Crippen LogP) is 0.796. The molecular weight excluding hydrogens is 188 g/mol. The minimum Gasteiger partial charge on any atom is -0.337 e. The number of aromatic nitrogens is 1. The van der Waals surface area contributed by atoms with Crippen LogP contribution in [0.5, 0.6) is 0 Å². The van der Waals surface area contributed by atoms with Crippen LogP contribution in [0, 0.1) is 0 Å². The van der Waals surface area contributed by atoms with Crippen molar-refractivity contribution in [3.05, 3.63) is 16.6 Å². The summed E-state index contributed by atoms with van der Waals surface area (Å²) in [5.74, 6) is 0. The lowest BCUT2D eigenvalue weighted by Gasteiger charge is -1.97. The molecule has 0 aliphatic carbocycles. The van der Waals surface area contributed by atoms with Crippen LogP contribution in [0.1, 0.15) is 11.8 Å². The van der Waals surface area contributed by atoms with Crippen molar-refractivity contribution in [3.8, 4) is 0 Å². The van der Waals surface area contributed by atoms with Crippen LogP contribution in [0.4, 0.5) is 4.79 Å². The molecule has 13 heavy (non-hydrogen) atoms. The standard InChI is InChI=1S/C7H10N4OS/c1-2-9-7(12)11-10-4-6-3-8-5-13-6/h3-5H,2H2,1H3,(H2,9,11,12)/b10-4+. The van der Waals surface area contributed by atoms with Crippen molar-refractivity contribution in [1.29, 1.82) is 0 Å². The number of carbonyl (C=O) groups excluding carboxylic acids is 1. The third kappa shape index (κ3) is 3.66. The van der Waals surface area contributed by atoms with Gasteiger partial charge in [0.2, 0.25) is 0 Å². The van der Waals surface area contributed by atoms with E-state index >= 15 is 0 Å². The number of rotatable bonds is 3. The Bertz CT molecular complexity index is 283. The van der Waals surface area contributed by atoms with E-state index in [1.165, 1.54) is 11.3 Å². The molecule has 0 saturated heterocycles. The van der Waals surface area contributed by atoms with Crippen molar-refractivity contribution < 1.29 is 4.79 Å². The Morgan fingerprint density at radius 3 is 3.31 bits per heavy atom. The van der Waals surface area contributed by atoms with Gasteiger partial charge in [-0.1, -0.05) is 0 Å². The molecule has 0 aliphatic rings. The monoisotopic (exact) mass is 198 g/mol. The van der Waals surface area contributed by atoms with Gasteiger partial charge in [-0.15, -0.1) is 11.3 Å². The normalized spacial score (nSPS) is 10.2. The van der Waals surface area contributed by atoms with E-state index in [9.17, 15) is 4.79 Å². The second kappa shape index (κ2) is 5.26. The van der Waals surface area contributed by atoms with Crippen molar-refractivity contribution in [2.24, 2.45) is 5.10 Å². The van der Waals surface area contributed by atoms with Gasteiger partial charge in [-0.3, -0.25) is 4.98 Å². The molecule has 1 aromatic heterocycles. The minimum atomic E-state index is -0.303. The first-order valence-corrected chi connectivity index (χ1v) is 4.66. The maximum Gasteiger partial charge on any atom is 0.335 e. The molecule has 5 nitrogen and oxygen atoms in total. The van der Waals surface area contributed by atoms with E-state index in [0.29, 0.717) is 6.54 Å². The zero-order chi connectivity index (χ0) is 9.52. The third-order valence-corrected chi connectivity index (χ3v) is 1.86. The van der Waals surface area contributed by atoms with Crippen LogP contribution < -0.4 is 10.7 Å². The second-order valence-electron chi connectivity index (χ2n) is 2.13. The lowest BCUT2D eigenvalue weighted by molar-refractivity contribution is 0.242. The molecule has 0 saturated carbocycles. The molecule has 70 valence electrons. The van der Waals surface area contributed by atoms with E-state index in [1.807, 2.05) is 6.92 Å². The van der Waals surface area contributed by atoms with Gasteiger partial charge in [0.15, 0.2) is 0 Å². The van der Waals surface area contributed by atoms with E-state index in [4.69, 9.17) is 0 Å². The summed E-state index contributed by atoms with van der Waals surface area (Å²) < 4.78 is 0. The predicted molar refractivity (Wildman–Crippen MR) is 51.9 cm³/mol. The highest BCUT2D eigenvalue weighted by Gasteiger charge is 1.92. The number of hydrogen-bond donors (Lipinski definition) is 2. The summed E-state index contributed by atoms with van der Waals surface area (Å²) in [6.45, 7) is 2.42. The molecule has 0 aliphatic heterocycles. The fourth-order valence-corrected chi connectivity index (χ4v) is 1.12. The van der Waals surface area contributed by atoms with Crippen molar-refractivity contribution in [2.45, 2.75) is 6.92 Å². The van der Waals surface area contributed by atoms with Gasteiger partial charge in [0.25, 0.3) is 0 Å². The molecule has 2 amide bonds. The number of hydrazone groups is 1. The van der Waals surface area contributed by atoms with E-state index in [2.05, 4.69) is 20.8 Å².